The highest BCUT2D eigenvalue weighted by Gasteiger charge is 2.32. The van der Waals surface area contributed by atoms with Gasteiger partial charge in [0.15, 0.2) is 0 Å². The van der Waals surface area contributed by atoms with Crippen LogP contribution in [0.4, 0.5) is 29.3 Å². The summed E-state index contributed by atoms with van der Waals surface area (Å²) >= 11 is 0. The van der Waals surface area contributed by atoms with Crippen molar-refractivity contribution in [1.82, 2.24) is 19.6 Å². The molecule has 0 radical (unpaired) electrons. The van der Waals surface area contributed by atoms with E-state index in [9.17, 15) is 22.8 Å². The average molecular weight is 479 g/mol. The molecular formula is C23H29F3N6O2. The molecule has 2 amide bonds. The standard InChI is InChI=1S/C23H29F3N6O2/c1-17(33)28(2)21-14-27-32(16-21)22(34)31-9-7-29(8-10-31)15-18-11-19(23(24,25)26)13-20(12-18)30-5-3-4-6-30/h11-14,16H,3-10,15H2,1-2H3. The summed E-state index contributed by atoms with van der Waals surface area (Å²) in [5.41, 5.74) is 1.16. The molecule has 4 rings (SSSR count). The molecule has 2 aliphatic heterocycles. The summed E-state index contributed by atoms with van der Waals surface area (Å²) in [6, 6.07) is 4.04. The Hall–Kier alpha value is -3.08. The van der Waals surface area contributed by atoms with Gasteiger partial charge in [-0.3, -0.25) is 9.69 Å². The highest BCUT2D eigenvalue weighted by Crippen LogP contribution is 2.34. The first kappa shape index (κ1) is 24.1. The molecule has 0 saturated carbocycles. The van der Waals surface area contributed by atoms with Gasteiger partial charge in [0.25, 0.3) is 0 Å². The van der Waals surface area contributed by atoms with Gasteiger partial charge in [0.05, 0.1) is 23.6 Å². The van der Waals surface area contributed by atoms with Crippen LogP contribution in [0.1, 0.15) is 30.9 Å². The molecule has 0 atom stereocenters. The van der Waals surface area contributed by atoms with Gasteiger partial charge in [-0.05, 0) is 36.6 Å². The minimum Gasteiger partial charge on any atom is -0.372 e. The van der Waals surface area contributed by atoms with Crippen molar-refractivity contribution in [2.45, 2.75) is 32.5 Å². The van der Waals surface area contributed by atoms with E-state index in [0.29, 0.717) is 49.7 Å². The van der Waals surface area contributed by atoms with Gasteiger partial charge in [0, 0.05) is 65.5 Å². The molecule has 2 aromatic rings. The molecule has 2 aliphatic rings. The Balaban J connectivity index is 1.39. The Bertz CT molecular complexity index is 1040. The molecule has 8 nitrogen and oxygen atoms in total. The number of piperazine rings is 1. The van der Waals surface area contributed by atoms with Crippen molar-refractivity contribution in [3.05, 3.63) is 41.7 Å². The highest BCUT2D eigenvalue weighted by molar-refractivity contribution is 5.91. The fraction of sp³-hybridized carbons (Fsp3) is 0.522. The number of anilines is 2. The molecule has 1 aromatic heterocycles. The van der Waals surface area contributed by atoms with E-state index in [0.717, 1.165) is 25.9 Å². The van der Waals surface area contributed by atoms with E-state index in [1.165, 1.54) is 41.0 Å². The van der Waals surface area contributed by atoms with Crippen molar-refractivity contribution < 1.29 is 22.8 Å². The number of halogens is 3. The Labute approximate surface area is 196 Å². The largest absolute Gasteiger partial charge is 0.416 e. The molecular weight excluding hydrogens is 449 g/mol. The van der Waals surface area contributed by atoms with Crippen LogP contribution >= 0.6 is 0 Å². The second-order valence-corrected chi connectivity index (χ2v) is 8.85. The third-order valence-electron chi connectivity index (χ3n) is 6.45. The van der Waals surface area contributed by atoms with E-state index < -0.39 is 11.7 Å². The van der Waals surface area contributed by atoms with Gasteiger partial charge in [0.1, 0.15) is 0 Å². The quantitative estimate of drug-likeness (QED) is 0.675. The van der Waals surface area contributed by atoms with Crippen LogP contribution in [0.15, 0.2) is 30.6 Å². The van der Waals surface area contributed by atoms with Crippen molar-refractivity contribution in [2.24, 2.45) is 0 Å². The van der Waals surface area contributed by atoms with Gasteiger partial charge >= 0.3 is 12.2 Å². The van der Waals surface area contributed by atoms with Crippen LogP contribution in [0, 0.1) is 0 Å². The smallest absolute Gasteiger partial charge is 0.372 e. The van der Waals surface area contributed by atoms with E-state index in [1.807, 2.05) is 11.0 Å². The number of hydrogen-bond acceptors (Lipinski definition) is 5. The summed E-state index contributed by atoms with van der Waals surface area (Å²) in [6.45, 7) is 5.34. The Morgan fingerprint density at radius 2 is 1.71 bits per heavy atom. The van der Waals surface area contributed by atoms with Gasteiger partial charge < -0.3 is 14.7 Å². The van der Waals surface area contributed by atoms with Crippen molar-refractivity contribution in [3.8, 4) is 0 Å². The van der Waals surface area contributed by atoms with Gasteiger partial charge in [0.2, 0.25) is 5.91 Å². The molecule has 0 aliphatic carbocycles. The minimum atomic E-state index is -4.39. The van der Waals surface area contributed by atoms with Gasteiger partial charge in [-0.25, -0.2) is 4.79 Å². The molecule has 1 aromatic carbocycles. The average Bonchev–Trinajstić information content (AvgIpc) is 3.50. The lowest BCUT2D eigenvalue weighted by atomic mass is 10.1. The molecule has 0 unspecified atom stereocenters. The summed E-state index contributed by atoms with van der Waals surface area (Å²) in [7, 11) is 1.61. The third kappa shape index (κ3) is 5.35. The normalized spacial score (nSPS) is 17.3. The maximum absolute atomic E-state index is 13.5. The van der Waals surface area contributed by atoms with Crippen LogP contribution in [-0.4, -0.2) is 77.8 Å². The maximum atomic E-state index is 13.5. The maximum Gasteiger partial charge on any atom is 0.416 e. The van der Waals surface area contributed by atoms with Crippen LogP contribution in [0.5, 0.6) is 0 Å². The fourth-order valence-corrected chi connectivity index (χ4v) is 4.36. The minimum absolute atomic E-state index is 0.164. The van der Waals surface area contributed by atoms with Crippen molar-refractivity contribution in [3.63, 3.8) is 0 Å². The van der Waals surface area contributed by atoms with Crippen LogP contribution in [-0.2, 0) is 17.5 Å². The number of carbonyl (C=O) groups excluding carboxylic acids is 2. The number of amides is 2. The predicted molar refractivity (Wildman–Crippen MR) is 122 cm³/mol. The number of nitrogens with zero attached hydrogens (tertiary/aromatic N) is 6. The number of benzene rings is 1. The van der Waals surface area contributed by atoms with Gasteiger partial charge in [-0.1, -0.05) is 0 Å². The topological polar surface area (TPSA) is 64.9 Å². The molecule has 2 saturated heterocycles. The number of aromatic nitrogens is 2. The first-order valence-corrected chi connectivity index (χ1v) is 11.4. The summed E-state index contributed by atoms with van der Waals surface area (Å²) < 4.78 is 41.7. The number of rotatable bonds is 4. The number of carbonyl (C=O) groups is 2. The zero-order valence-electron chi connectivity index (χ0n) is 19.4. The van der Waals surface area contributed by atoms with Crippen LogP contribution in [0.25, 0.3) is 0 Å². The highest BCUT2D eigenvalue weighted by atomic mass is 19.4. The van der Waals surface area contributed by atoms with Gasteiger partial charge in [-0.2, -0.15) is 23.0 Å². The zero-order valence-corrected chi connectivity index (χ0v) is 19.4. The van der Waals surface area contributed by atoms with E-state index in [1.54, 1.807) is 11.9 Å². The molecule has 3 heterocycles. The molecule has 0 spiro atoms. The summed E-state index contributed by atoms with van der Waals surface area (Å²) in [4.78, 5) is 31.4. The predicted octanol–water partition coefficient (Wildman–Crippen LogP) is 3.27. The number of alkyl halides is 3. The second-order valence-electron chi connectivity index (χ2n) is 8.85. The molecule has 34 heavy (non-hydrogen) atoms. The molecule has 0 bridgehead atoms. The van der Waals surface area contributed by atoms with Gasteiger partial charge in [-0.15, -0.1) is 0 Å². The first-order chi connectivity index (χ1) is 16.1. The lowest BCUT2D eigenvalue weighted by Crippen LogP contribution is -2.49. The lowest BCUT2D eigenvalue weighted by Gasteiger charge is -2.34. The van der Waals surface area contributed by atoms with Crippen LogP contribution in [0.2, 0.25) is 0 Å². The van der Waals surface area contributed by atoms with Crippen molar-refractivity contribution >= 4 is 23.3 Å². The second kappa shape index (κ2) is 9.65. The molecule has 2 fully saturated rings. The first-order valence-electron chi connectivity index (χ1n) is 11.4. The fourth-order valence-electron chi connectivity index (χ4n) is 4.36. The monoisotopic (exact) mass is 478 g/mol. The Morgan fingerprint density at radius 1 is 1.03 bits per heavy atom. The third-order valence-corrected chi connectivity index (χ3v) is 6.45. The SMILES string of the molecule is CC(=O)N(C)c1cnn(C(=O)N2CCN(Cc3cc(N4CCCC4)cc(C(F)(F)F)c3)CC2)c1. The molecule has 0 N–H and O–H groups in total. The van der Waals surface area contributed by atoms with E-state index in [4.69, 9.17) is 0 Å². The van der Waals surface area contributed by atoms with Crippen LogP contribution in [0.3, 0.4) is 0 Å². The van der Waals surface area contributed by atoms with Crippen LogP contribution < -0.4 is 9.80 Å². The van der Waals surface area contributed by atoms with E-state index in [2.05, 4.69) is 10.00 Å². The van der Waals surface area contributed by atoms with E-state index >= 15 is 0 Å². The summed E-state index contributed by atoms with van der Waals surface area (Å²) in [5.74, 6) is -0.164. The summed E-state index contributed by atoms with van der Waals surface area (Å²) in [6.07, 6.45) is 0.559. The van der Waals surface area contributed by atoms with Crippen molar-refractivity contribution in [2.75, 3.05) is 56.1 Å². The van der Waals surface area contributed by atoms with Crippen molar-refractivity contribution in [1.29, 1.82) is 0 Å². The zero-order chi connectivity index (χ0) is 24.5. The molecule has 11 heteroatoms. The Morgan fingerprint density at radius 3 is 2.32 bits per heavy atom. The molecule has 184 valence electrons. The summed E-state index contributed by atoms with van der Waals surface area (Å²) in [5, 5.41) is 4.07. The Kier molecular flexibility index (Phi) is 6.83. The lowest BCUT2D eigenvalue weighted by molar-refractivity contribution is -0.137. The van der Waals surface area contributed by atoms with E-state index in [-0.39, 0.29) is 11.9 Å². The number of hydrogen-bond donors (Lipinski definition) is 0.